The summed E-state index contributed by atoms with van der Waals surface area (Å²) in [6.07, 6.45) is 7.79. The van der Waals surface area contributed by atoms with Crippen LogP contribution in [0.15, 0.2) is 24.3 Å². The van der Waals surface area contributed by atoms with E-state index in [2.05, 4.69) is 29.8 Å². The number of hydrogen-bond donors (Lipinski definition) is 2. The summed E-state index contributed by atoms with van der Waals surface area (Å²) in [6, 6.07) is 8.82. The molecule has 110 valence electrons. The van der Waals surface area contributed by atoms with Gasteiger partial charge in [0.2, 0.25) is 0 Å². The largest absolute Gasteiger partial charge is 0.312 e. The molecule has 2 atom stereocenters. The van der Waals surface area contributed by atoms with Gasteiger partial charge in [0.25, 0.3) is 0 Å². The van der Waals surface area contributed by atoms with Crippen LogP contribution in [0.2, 0.25) is 5.02 Å². The molecule has 2 saturated carbocycles. The van der Waals surface area contributed by atoms with E-state index in [1.165, 1.54) is 44.2 Å². The highest BCUT2D eigenvalue weighted by molar-refractivity contribution is 6.31. The molecule has 2 N–H and O–H groups in total. The Morgan fingerprint density at radius 1 is 1.20 bits per heavy atom. The molecule has 0 bridgehead atoms. The van der Waals surface area contributed by atoms with Crippen LogP contribution >= 0.6 is 11.6 Å². The summed E-state index contributed by atoms with van der Waals surface area (Å²) in [7, 11) is 2.08. The van der Waals surface area contributed by atoms with Crippen LogP contribution in [-0.2, 0) is 5.54 Å². The van der Waals surface area contributed by atoms with Crippen LogP contribution in [0.25, 0.3) is 0 Å². The molecule has 0 spiro atoms. The van der Waals surface area contributed by atoms with Gasteiger partial charge in [-0.3, -0.25) is 0 Å². The van der Waals surface area contributed by atoms with Crippen molar-refractivity contribution in [2.75, 3.05) is 13.6 Å². The average molecular weight is 293 g/mol. The van der Waals surface area contributed by atoms with Gasteiger partial charge in [0.1, 0.15) is 0 Å². The maximum absolute atomic E-state index is 6.50. The minimum Gasteiger partial charge on any atom is -0.312 e. The Bertz CT molecular complexity index is 458. The molecule has 1 aromatic rings. The van der Waals surface area contributed by atoms with E-state index in [1.807, 2.05) is 12.1 Å². The second kappa shape index (κ2) is 6.05. The molecular weight excluding hydrogens is 268 g/mol. The van der Waals surface area contributed by atoms with Gasteiger partial charge >= 0.3 is 0 Å². The average Bonchev–Trinajstić information content (AvgIpc) is 3.30. The number of nitrogens with one attached hydrogen (secondary N) is 2. The van der Waals surface area contributed by atoms with Gasteiger partial charge in [0, 0.05) is 11.1 Å². The van der Waals surface area contributed by atoms with E-state index in [4.69, 9.17) is 11.6 Å². The highest BCUT2D eigenvalue weighted by Gasteiger charge is 2.42. The van der Waals surface area contributed by atoms with Crippen molar-refractivity contribution in [1.29, 1.82) is 0 Å². The molecule has 0 heterocycles. The van der Waals surface area contributed by atoms with E-state index in [0.29, 0.717) is 6.04 Å². The lowest BCUT2D eigenvalue weighted by atomic mass is 9.72. The van der Waals surface area contributed by atoms with Crippen LogP contribution in [-0.4, -0.2) is 19.6 Å². The lowest BCUT2D eigenvalue weighted by Gasteiger charge is -2.45. The first-order valence-corrected chi connectivity index (χ1v) is 8.31. The number of halogens is 1. The first-order valence-electron chi connectivity index (χ1n) is 7.93. The first-order chi connectivity index (χ1) is 9.76. The normalized spacial score (nSPS) is 30.4. The third kappa shape index (κ3) is 2.74. The Hall–Kier alpha value is -0.570. The van der Waals surface area contributed by atoms with Crippen molar-refractivity contribution in [3.8, 4) is 0 Å². The molecule has 0 saturated heterocycles. The number of hydrogen-bond acceptors (Lipinski definition) is 2. The quantitative estimate of drug-likeness (QED) is 0.865. The molecular formula is C17H25ClN2. The van der Waals surface area contributed by atoms with Crippen molar-refractivity contribution in [3.63, 3.8) is 0 Å². The summed E-state index contributed by atoms with van der Waals surface area (Å²) in [4.78, 5) is 0. The van der Waals surface area contributed by atoms with Crippen molar-refractivity contribution in [1.82, 2.24) is 10.6 Å². The number of likely N-dealkylation sites (N-methyl/N-ethyl adjacent to an activating group) is 1. The molecule has 2 nitrogen and oxygen atoms in total. The summed E-state index contributed by atoms with van der Waals surface area (Å²) in [5, 5.41) is 8.34. The molecule has 0 aromatic heterocycles. The smallest absolute Gasteiger partial charge is 0.0602 e. The summed E-state index contributed by atoms with van der Waals surface area (Å²) in [5.74, 6) is 0.915. The predicted octanol–water partition coefficient (Wildman–Crippen LogP) is 3.70. The van der Waals surface area contributed by atoms with Gasteiger partial charge in [0.05, 0.1) is 5.54 Å². The third-order valence-electron chi connectivity index (χ3n) is 5.06. The maximum Gasteiger partial charge on any atom is 0.0602 e. The minimum atomic E-state index is -0.00845. The highest BCUT2D eigenvalue weighted by atomic mass is 35.5. The van der Waals surface area contributed by atoms with Gasteiger partial charge < -0.3 is 10.6 Å². The highest BCUT2D eigenvalue weighted by Crippen LogP contribution is 2.40. The second-order valence-electron chi connectivity index (χ2n) is 6.35. The summed E-state index contributed by atoms with van der Waals surface area (Å²) < 4.78 is 0. The second-order valence-corrected chi connectivity index (χ2v) is 6.76. The van der Waals surface area contributed by atoms with Crippen molar-refractivity contribution in [2.45, 2.75) is 50.1 Å². The SMILES string of the molecule is CN[C@]1(c2ccccc2Cl)CCCC[C@H]1NCC1CC1. The lowest BCUT2D eigenvalue weighted by Crippen LogP contribution is -2.58. The van der Waals surface area contributed by atoms with E-state index in [1.54, 1.807) is 0 Å². The Kier molecular flexibility index (Phi) is 4.34. The van der Waals surface area contributed by atoms with Crippen molar-refractivity contribution in [3.05, 3.63) is 34.9 Å². The van der Waals surface area contributed by atoms with Gasteiger partial charge in [-0.2, -0.15) is 0 Å². The fraction of sp³-hybridized carbons (Fsp3) is 0.647. The summed E-state index contributed by atoms with van der Waals surface area (Å²) >= 11 is 6.50. The zero-order chi connectivity index (χ0) is 14.0. The molecule has 0 amide bonds. The monoisotopic (exact) mass is 292 g/mol. The molecule has 2 aliphatic carbocycles. The van der Waals surface area contributed by atoms with Crippen LogP contribution in [0.5, 0.6) is 0 Å². The third-order valence-corrected chi connectivity index (χ3v) is 5.39. The maximum atomic E-state index is 6.50. The Morgan fingerprint density at radius 3 is 2.70 bits per heavy atom. The standard InChI is InChI=1S/C17H25ClN2/c1-19-17(14-6-2-3-7-15(14)18)11-5-4-8-16(17)20-12-13-9-10-13/h2-3,6-7,13,16,19-20H,4-5,8-12H2,1H3/t16-,17+/m1/s1. The zero-order valence-corrected chi connectivity index (χ0v) is 13.0. The Labute approximate surface area is 127 Å². The van der Waals surface area contributed by atoms with Gasteiger partial charge in [-0.15, -0.1) is 0 Å². The van der Waals surface area contributed by atoms with Crippen molar-refractivity contribution >= 4 is 11.6 Å². The first kappa shape index (κ1) is 14.4. The fourth-order valence-electron chi connectivity index (χ4n) is 3.66. The van der Waals surface area contributed by atoms with Crippen LogP contribution < -0.4 is 10.6 Å². The van der Waals surface area contributed by atoms with Gasteiger partial charge in [-0.1, -0.05) is 42.6 Å². The fourth-order valence-corrected chi connectivity index (χ4v) is 3.96. The molecule has 1 aromatic carbocycles. The van der Waals surface area contributed by atoms with E-state index in [-0.39, 0.29) is 5.54 Å². The van der Waals surface area contributed by atoms with Gasteiger partial charge in [-0.25, -0.2) is 0 Å². The molecule has 0 radical (unpaired) electrons. The summed E-state index contributed by atoms with van der Waals surface area (Å²) in [6.45, 7) is 1.17. The summed E-state index contributed by atoms with van der Waals surface area (Å²) in [5.41, 5.74) is 1.25. The van der Waals surface area contributed by atoms with E-state index in [9.17, 15) is 0 Å². The lowest BCUT2D eigenvalue weighted by molar-refractivity contribution is 0.177. The Morgan fingerprint density at radius 2 is 2.00 bits per heavy atom. The molecule has 2 fully saturated rings. The minimum absolute atomic E-state index is 0.00845. The van der Waals surface area contributed by atoms with Crippen LogP contribution in [0.1, 0.15) is 44.1 Å². The number of benzene rings is 1. The van der Waals surface area contributed by atoms with E-state index < -0.39 is 0 Å². The zero-order valence-electron chi connectivity index (χ0n) is 12.3. The molecule has 0 unspecified atom stereocenters. The van der Waals surface area contributed by atoms with Crippen LogP contribution in [0, 0.1) is 5.92 Å². The van der Waals surface area contributed by atoms with Crippen molar-refractivity contribution < 1.29 is 0 Å². The molecule has 20 heavy (non-hydrogen) atoms. The predicted molar refractivity (Wildman–Crippen MR) is 85.2 cm³/mol. The van der Waals surface area contributed by atoms with Crippen LogP contribution in [0.3, 0.4) is 0 Å². The molecule has 2 aliphatic rings. The molecule has 3 rings (SSSR count). The molecule has 3 heteroatoms. The molecule has 0 aliphatic heterocycles. The van der Waals surface area contributed by atoms with Crippen molar-refractivity contribution in [2.24, 2.45) is 5.92 Å². The Balaban J connectivity index is 1.87. The van der Waals surface area contributed by atoms with E-state index >= 15 is 0 Å². The van der Waals surface area contributed by atoms with Gasteiger partial charge in [0.15, 0.2) is 0 Å². The van der Waals surface area contributed by atoms with Gasteiger partial charge in [-0.05, 0) is 56.8 Å². The number of rotatable bonds is 5. The topological polar surface area (TPSA) is 24.1 Å². The van der Waals surface area contributed by atoms with Crippen LogP contribution in [0.4, 0.5) is 0 Å². The van der Waals surface area contributed by atoms with E-state index in [0.717, 1.165) is 17.4 Å².